The molecule has 1 aliphatic rings. The molecule has 4 rings (SSSR count). The zero-order valence-corrected chi connectivity index (χ0v) is 20.3. The number of carbonyl (C=O) groups is 2. The standard InChI is InChI=1S/C26H23ClF3NO5/c1-3-34-21-12-16-6-5-7-20(36-14-26(28,29)30)23(16)24-17(21)13-31(25(24)33)19-9-8-15(10-18(19)27)11-22(32)35-4-2/h5-10,12H,3-4,11,13-14H2,1-2H3. The van der Waals surface area contributed by atoms with E-state index in [9.17, 15) is 22.8 Å². The van der Waals surface area contributed by atoms with Crippen LogP contribution in [0, 0.1) is 0 Å². The van der Waals surface area contributed by atoms with Gasteiger partial charge in [0.1, 0.15) is 11.5 Å². The molecule has 0 spiro atoms. The first-order chi connectivity index (χ1) is 17.1. The molecule has 6 nitrogen and oxygen atoms in total. The van der Waals surface area contributed by atoms with Crippen molar-refractivity contribution in [3.63, 3.8) is 0 Å². The zero-order valence-electron chi connectivity index (χ0n) is 19.6. The van der Waals surface area contributed by atoms with Gasteiger partial charge in [-0.25, -0.2) is 0 Å². The first kappa shape index (κ1) is 25.6. The molecule has 0 saturated heterocycles. The summed E-state index contributed by atoms with van der Waals surface area (Å²) in [7, 11) is 0. The van der Waals surface area contributed by atoms with Gasteiger partial charge in [-0.15, -0.1) is 0 Å². The minimum absolute atomic E-state index is 0.0288. The van der Waals surface area contributed by atoms with Gasteiger partial charge in [-0.05, 0) is 49.1 Å². The van der Waals surface area contributed by atoms with Crippen LogP contribution in [-0.2, 0) is 22.5 Å². The van der Waals surface area contributed by atoms with E-state index >= 15 is 0 Å². The maximum atomic E-state index is 13.7. The predicted molar refractivity (Wildman–Crippen MR) is 129 cm³/mol. The molecule has 0 aromatic heterocycles. The predicted octanol–water partition coefficient (Wildman–Crippen LogP) is 6.10. The number of hydrogen-bond donors (Lipinski definition) is 0. The molecular formula is C26H23ClF3NO5. The van der Waals surface area contributed by atoms with Gasteiger partial charge in [0.25, 0.3) is 5.91 Å². The molecule has 0 bridgehead atoms. The summed E-state index contributed by atoms with van der Waals surface area (Å²) in [4.78, 5) is 26.9. The van der Waals surface area contributed by atoms with E-state index in [2.05, 4.69) is 0 Å². The van der Waals surface area contributed by atoms with Crippen LogP contribution < -0.4 is 14.4 Å². The summed E-state index contributed by atoms with van der Waals surface area (Å²) < 4.78 is 54.5. The Morgan fingerprint density at radius 2 is 1.83 bits per heavy atom. The fourth-order valence-corrected chi connectivity index (χ4v) is 4.52. The molecule has 0 N–H and O–H groups in total. The number of fused-ring (bicyclic) bond motifs is 3. The number of nitrogens with zero attached hydrogens (tertiary/aromatic N) is 1. The van der Waals surface area contributed by atoms with Gasteiger partial charge in [0.15, 0.2) is 6.61 Å². The Morgan fingerprint density at radius 3 is 2.50 bits per heavy atom. The molecule has 1 heterocycles. The molecule has 0 aliphatic carbocycles. The Labute approximate surface area is 210 Å². The molecule has 0 unspecified atom stereocenters. The van der Waals surface area contributed by atoms with Crippen LogP contribution in [0.4, 0.5) is 18.9 Å². The molecule has 0 radical (unpaired) electrons. The average molecular weight is 522 g/mol. The van der Waals surface area contributed by atoms with Crippen molar-refractivity contribution in [2.45, 2.75) is 33.0 Å². The van der Waals surface area contributed by atoms with Gasteiger partial charge in [-0.3, -0.25) is 9.59 Å². The molecule has 190 valence electrons. The quantitative estimate of drug-likeness (QED) is 0.335. The number of anilines is 1. The van der Waals surface area contributed by atoms with Gasteiger partial charge < -0.3 is 19.1 Å². The number of carbonyl (C=O) groups excluding carboxylic acids is 2. The Hall–Kier alpha value is -3.46. The Balaban J connectivity index is 1.76. The summed E-state index contributed by atoms with van der Waals surface area (Å²) in [5.74, 6) is -0.432. The highest BCUT2D eigenvalue weighted by Gasteiger charge is 2.36. The second-order valence-corrected chi connectivity index (χ2v) is 8.49. The molecule has 36 heavy (non-hydrogen) atoms. The average Bonchev–Trinajstić information content (AvgIpc) is 3.15. The van der Waals surface area contributed by atoms with Crippen molar-refractivity contribution < 1.29 is 37.0 Å². The van der Waals surface area contributed by atoms with Crippen LogP contribution in [-0.4, -0.2) is 37.9 Å². The SMILES string of the molecule is CCOC(=O)Cc1ccc(N2Cc3c(OCC)cc4cccc(OCC(F)(F)F)c4c3C2=O)c(Cl)c1. The summed E-state index contributed by atoms with van der Waals surface area (Å²) in [6, 6.07) is 11.2. The number of ether oxygens (including phenoxy) is 3. The van der Waals surface area contributed by atoms with E-state index in [-0.39, 0.29) is 41.3 Å². The Morgan fingerprint density at radius 1 is 1.06 bits per heavy atom. The highest BCUT2D eigenvalue weighted by molar-refractivity contribution is 6.34. The monoisotopic (exact) mass is 521 g/mol. The van der Waals surface area contributed by atoms with E-state index in [4.69, 9.17) is 25.8 Å². The summed E-state index contributed by atoms with van der Waals surface area (Å²) in [6.07, 6.45) is -4.51. The molecule has 0 saturated carbocycles. The lowest BCUT2D eigenvalue weighted by Gasteiger charge is -2.18. The summed E-state index contributed by atoms with van der Waals surface area (Å²) in [5, 5.41) is 1.04. The number of benzene rings is 3. The van der Waals surface area contributed by atoms with Gasteiger partial charge in [-0.1, -0.05) is 29.8 Å². The van der Waals surface area contributed by atoms with Crippen molar-refractivity contribution in [1.29, 1.82) is 0 Å². The van der Waals surface area contributed by atoms with Crippen molar-refractivity contribution in [1.82, 2.24) is 0 Å². The van der Waals surface area contributed by atoms with Crippen LogP contribution in [0.25, 0.3) is 10.8 Å². The fraction of sp³-hybridized carbons (Fsp3) is 0.308. The lowest BCUT2D eigenvalue weighted by atomic mass is 9.98. The number of hydrogen-bond acceptors (Lipinski definition) is 5. The van der Waals surface area contributed by atoms with Gasteiger partial charge in [0, 0.05) is 10.9 Å². The molecule has 3 aromatic rings. The minimum Gasteiger partial charge on any atom is -0.493 e. The second kappa shape index (κ2) is 10.3. The lowest BCUT2D eigenvalue weighted by molar-refractivity contribution is -0.153. The van der Waals surface area contributed by atoms with E-state index in [1.807, 2.05) is 0 Å². The number of esters is 1. The zero-order chi connectivity index (χ0) is 26.0. The summed E-state index contributed by atoms with van der Waals surface area (Å²) in [5.41, 5.74) is 1.76. The van der Waals surface area contributed by atoms with Crippen molar-refractivity contribution in [2.75, 3.05) is 24.7 Å². The highest BCUT2D eigenvalue weighted by Crippen LogP contribution is 2.44. The molecule has 10 heteroatoms. The van der Waals surface area contributed by atoms with E-state index in [1.54, 1.807) is 50.2 Å². The number of rotatable bonds is 8. The first-order valence-electron chi connectivity index (χ1n) is 11.3. The number of alkyl halides is 3. The van der Waals surface area contributed by atoms with E-state index < -0.39 is 24.7 Å². The molecule has 0 atom stereocenters. The van der Waals surface area contributed by atoms with Crippen LogP contribution in [0.5, 0.6) is 11.5 Å². The fourth-order valence-electron chi connectivity index (χ4n) is 4.21. The minimum atomic E-state index is -4.54. The smallest absolute Gasteiger partial charge is 0.422 e. The normalized spacial score (nSPS) is 13.2. The third-order valence-corrected chi connectivity index (χ3v) is 5.92. The molecule has 3 aromatic carbocycles. The first-order valence-corrected chi connectivity index (χ1v) is 11.7. The van der Waals surface area contributed by atoms with Crippen LogP contribution in [0.15, 0.2) is 42.5 Å². The van der Waals surface area contributed by atoms with Gasteiger partial charge in [-0.2, -0.15) is 13.2 Å². The maximum Gasteiger partial charge on any atom is 0.422 e. The highest BCUT2D eigenvalue weighted by atomic mass is 35.5. The molecule has 1 aliphatic heterocycles. The molecule has 0 fully saturated rings. The van der Waals surface area contributed by atoms with E-state index in [1.165, 1.54) is 11.0 Å². The van der Waals surface area contributed by atoms with Gasteiger partial charge in [0.2, 0.25) is 0 Å². The van der Waals surface area contributed by atoms with Crippen molar-refractivity contribution in [2.24, 2.45) is 0 Å². The van der Waals surface area contributed by atoms with Crippen LogP contribution in [0.2, 0.25) is 5.02 Å². The van der Waals surface area contributed by atoms with Crippen molar-refractivity contribution >= 4 is 39.9 Å². The third-order valence-electron chi connectivity index (χ3n) is 5.62. The second-order valence-electron chi connectivity index (χ2n) is 8.08. The summed E-state index contributed by atoms with van der Waals surface area (Å²) >= 11 is 6.50. The lowest BCUT2D eigenvalue weighted by Crippen LogP contribution is -2.23. The van der Waals surface area contributed by atoms with Crippen LogP contribution in [0.1, 0.15) is 35.3 Å². The number of halogens is 4. The number of amides is 1. The molecule has 1 amide bonds. The topological polar surface area (TPSA) is 65.1 Å². The largest absolute Gasteiger partial charge is 0.493 e. The Bertz CT molecular complexity index is 1330. The van der Waals surface area contributed by atoms with Crippen LogP contribution >= 0.6 is 11.6 Å². The van der Waals surface area contributed by atoms with Gasteiger partial charge in [0.05, 0.1) is 42.5 Å². The van der Waals surface area contributed by atoms with Crippen molar-refractivity contribution in [3.8, 4) is 11.5 Å². The van der Waals surface area contributed by atoms with Crippen molar-refractivity contribution in [3.05, 3.63) is 64.2 Å². The van der Waals surface area contributed by atoms with E-state index in [0.717, 1.165) is 0 Å². The van der Waals surface area contributed by atoms with Gasteiger partial charge >= 0.3 is 12.1 Å². The van der Waals surface area contributed by atoms with Crippen LogP contribution in [0.3, 0.4) is 0 Å². The molecular weight excluding hydrogens is 499 g/mol. The Kier molecular flexibility index (Phi) is 7.31. The third kappa shape index (κ3) is 5.21. The van der Waals surface area contributed by atoms with E-state index in [0.29, 0.717) is 34.6 Å². The maximum absolute atomic E-state index is 13.7. The summed E-state index contributed by atoms with van der Waals surface area (Å²) in [6.45, 7) is 2.72.